The second kappa shape index (κ2) is 4.61. The van der Waals surface area contributed by atoms with Crippen LogP contribution in [0.5, 0.6) is 0 Å². The Morgan fingerprint density at radius 3 is 2.53 bits per heavy atom. The smallest absolute Gasteiger partial charge is 0.137 e. The predicted octanol–water partition coefficient (Wildman–Crippen LogP) is 1.39. The van der Waals surface area contributed by atoms with Gasteiger partial charge in [0.1, 0.15) is 16.6 Å². The monoisotopic (exact) mass is 246 g/mol. The van der Waals surface area contributed by atoms with Gasteiger partial charge in [-0.2, -0.15) is 0 Å². The van der Waals surface area contributed by atoms with Gasteiger partial charge < -0.3 is 0 Å². The summed E-state index contributed by atoms with van der Waals surface area (Å²) in [7, 11) is 1.92. The van der Waals surface area contributed by atoms with Crippen LogP contribution >= 0.6 is 23.2 Å². The molecule has 0 bridgehead atoms. The Balaban J connectivity index is 2.00. The first-order valence-electron chi connectivity index (χ1n) is 4.78. The number of hydrazine groups is 1. The van der Waals surface area contributed by atoms with E-state index in [0.29, 0.717) is 16.2 Å². The molecule has 4 nitrogen and oxygen atoms in total. The van der Waals surface area contributed by atoms with Crippen LogP contribution in [0, 0.1) is 5.92 Å². The number of rotatable bonds is 3. The first-order valence-corrected chi connectivity index (χ1v) is 5.53. The van der Waals surface area contributed by atoms with E-state index in [0.717, 1.165) is 25.1 Å². The highest BCUT2D eigenvalue weighted by atomic mass is 35.5. The Hall–Kier alpha value is -0.420. The summed E-state index contributed by atoms with van der Waals surface area (Å²) in [6, 6.07) is 0. The molecule has 1 aliphatic rings. The summed E-state index contributed by atoms with van der Waals surface area (Å²) in [4.78, 5) is 7.86. The van der Waals surface area contributed by atoms with Crippen molar-refractivity contribution in [2.24, 2.45) is 5.92 Å². The molecule has 0 amide bonds. The van der Waals surface area contributed by atoms with Crippen LogP contribution in [0.3, 0.4) is 0 Å². The van der Waals surface area contributed by atoms with E-state index in [1.165, 1.54) is 6.33 Å². The summed E-state index contributed by atoms with van der Waals surface area (Å²) in [5.41, 5.74) is 3.95. The summed E-state index contributed by atoms with van der Waals surface area (Å²) in [5.74, 6) is 0.582. The zero-order valence-corrected chi connectivity index (χ0v) is 9.89. The van der Waals surface area contributed by atoms with Gasteiger partial charge in [0.15, 0.2) is 0 Å². The number of hydrogen-bond donors (Lipinski definition) is 1. The Labute approximate surface area is 98.6 Å². The molecule has 2 rings (SSSR count). The van der Waals surface area contributed by atoms with Crippen LogP contribution in [0.1, 0.15) is 5.56 Å². The molecule has 0 unspecified atom stereocenters. The molecule has 1 N–H and O–H groups in total. The first kappa shape index (κ1) is 11.1. The normalized spacial score (nSPS) is 17.8. The van der Waals surface area contributed by atoms with Crippen molar-refractivity contribution in [3.05, 3.63) is 22.2 Å². The fourth-order valence-electron chi connectivity index (χ4n) is 1.71. The summed E-state index contributed by atoms with van der Waals surface area (Å²) in [5, 5.41) is 3.08. The molecule has 1 saturated heterocycles. The van der Waals surface area contributed by atoms with Crippen molar-refractivity contribution in [1.82, 2.24) is 20.4 Å². The molecule has 0 aromatic carbocycles. The van der Waals surface area contributed by atoms with Crippen LogP contribution in [-0.4, -0.2) is 35.1 Å². The fraction of sp³-hybridized carbons (Fsp3) is 0.556. The van der Waals surface area contributed by atoms with Crippen LogP contribution in [0.25, 0.3) is 0 Å². The van der Waals surface area contributed by atoms with Gasteiger partial charge in [0.2, 0.25) is 0 Å². The van der Waals surface area contributed by atoms with Crippen molar-refractivity contribution < 1.29 is 0 Å². The second-order valence-electron chi connectivity index (χ2n) is 3.63. The van der Waals surface area contributed by atoms with Gasteiger partial charge in [-0.25, -0.2) is 15.0 Å². The van der Waals surface area contributed by atoms with Crippen LogP contribution in [-0.2, 0) is 6.42 Å². The Bertz CT molecular complexity index is 332. The number of nitrogens with one attached hydrogen (secondary N) is 1. The van der Waals surface area contributed by atoms with E-state index >= 15 is 0 Å². The lowest BCUT2D eigenvalue weighted by atomic mass is 9.95. The average molecular weight is 247 g/mol. The van der Waals surface area contributed by atoms with Gasteiger partial charge >= 0.3 is 0 Å². The zero-order chi connectivity index (χ0) is 10.8. The second-order valence-corrected chi connectivity index (χ2v) is 4.35. The molecule has 0 radical (unpaired) electrons. The van der Waals surface area contributed by atoms with E-state index in [1.807, 2.05) is 7.05 Å². The molecule has 0 spiro atoms. The molecule has 2 heterocycles. The fourth-order valence-corrected chi connectivity index (χ4v) is 2.18. The van der Waals surface area contributed by atoms with Gasteiger partial charge in [-0.15, -0.1) is 0 Å². The minimum Gasteiger partial charge on any atom is -0.258 e. The third-order valence-electron chi connectivity index (χ3n) is 2.61. The quantitative estimate of drug-likeness (QED) is 0.819. The molecule has 82 valence electrons. The number of nitrogens with zero attached hydrogens (tertiary/aromatic N) is 3. The van der Waals surface area contributed by atoms with Crippen molar-refractivity contribution >= 4 is 23.2 Å². The summed E-state index contributed by atoms with van der Waals surface area (Å²) >= 11 is 11.9. The highest BCUT2D eigenvalue weighted by Crippen LogP contribution is 2.26. The minimum absolute atomic E-state index is 0.470. The van der Waals surface area contributed by atoms with Crippen molar-refractivity contribution in [2.45, 2.75) is 6.42 Å². The third-order valence-corrected chi connectivity index (χ3v) is 3.26. The number of halogens is 2. The van der Waals surface area contributed by atoms with Gasteiger partial charge in [0, 0.05) is 18.7 Å². The van der Waals surface area contributed by atoms with E-state index in [4.69, 9.17) is 23.2 Å². The standard InChI is InChI=1S/C9H12Cl2N4/c1-12-15-3-6(4-15)2-7-8(10)13-5-14-9(7)11/h5-6,12H,2-4H2,1H3. The van der Waals surface area contributed by atoms with E-state index in [9.17, 15) is 0 Å². The SMILES string of the molecule is CNN1CC(Cc2c(Cl)ncnc2Cl)C1. The van der Waals surface area contributed by atoms with Gasteiger partial charge in [0.25, 0.3) is 0 Å². The Morgan fingerprint density at radius 2 is 2.00 bits per heavy atom. The molecule has 6 heteroatoms. The largest absolute Gasteiger partial charge is 0.258 e. The van der Waals surface area contributed by atoms with E-state index < -0.39 is 0 Å². The molecule has 0 atom stereocenters. The summed E-state index contributed by atoms with van der Waals surface area (Å²) in [6.45, 7) is 2.02. The maximum Gasteiger partial charge on any atom is 0.137 e. The average Bonchev–Trinajstić information content (AvgIpc) is 2.14. The van der Waals surface area contributed by atoms with Crippen LogP contribution in [0.4, 0.5) is 0 Å². The predicted molar refractivity (Wildman–Crippen MR) is 59.9 cm³/mol. The lowest BCUT2D eigenvalue weighted by molar-refractivity contribution is 0.0551. The Kier molecular flexibility index (Phi) is 3.41. The van der Waals surface area contributed by atoms with E-state index in [2.05, 4.69) is 20.4 Å². The molecule has 1 fully saturated rings. The maximum absolute atomic E-state index is 5.96. The van der Waals surface area contributed by atoms with Crippen molar-refractivity contribution in [1.29, 1.82) is 0 Å². The topological polar surface area (TPSA) is 41.0 Å². The molecule has 1 aromatic rings. The zero-order valence-electron chi connectivity index (χ0n) is 8.37. The van der Waals surface area contributed by atoms with Crippen LogP contribution < -0.4 is 5.43 Å². The summed E-state index contributed by atoms with van der Waals surface area (Å²) in [6.07, 6.45) is 2.23. The van der Waals surface area contributed by atoms with Crippen LogP contribution in [0.2, 0.25) is 10.3 Å². The van der Waals surface area contributed by atoms with Crippen LogP contribution in [0.15, 0.2) is 6.33 Å². The van der Waals surface area contributed by atoms with E-state index in [1.54, 1.807) is 0 Å². The molecule has 1 aliphatic heterocycles. The number of hydrogen-bond acceptors (Lipinski definition) is 4. The van der Waals surface area contributed by atoms with Crippen molar-refractivity contribution in [2.75, 3.05) is 20.1 Å². The highest BCUT2D eigenvalue weighted by molar-refractivity contribution is 6.34. The van der Waals surface area contributed by atoms with Gasteiger partial charge in [0.05, 0.1) is 0 Å². The number of aromatic nitrogens is 2. The molecule has 1 aromatic heterocycles. The molecular weight excluding hydrogens is 235 g/mol. The Morgan fingerprint density at radius 1 is 1.40 bits per heavy atom. The molecule has 0 saturated carbocycles. The molecule has 15 heavy (non-hydrogen) atoms. The molecule has 0 aliphatic carbocycles. The van der Waals surface area contributed by atoms with Gasteiger partial charge in [-0.05, 0) is 19.4 Å². The third kappa shape index (κ3) is 2.39. The van der Waals surface area contributed by atoms with Crippen molar-refractivity contribution in [3.63, 3.8) is 0 Å². The highest BCUT2D eigenvalue weighted by Gasteiger charge is 2.27. The van der Waals surface area contributed by atoms with Gasteiger partial charge in [-0.3, -0.25) is 5.43 Å². The lowest BCUT2D eigenvalue weighted by Crippen LogP contribution is -2.53. The lowest BCUT2D eigenvalue weighted by Gasteiger charge is -2.38. The summed E-state index contributed by atoms with van der Waals surface area (Å²) < 4.78 is 0. The first-order chi connectivity index (χ1) is 7.20. The van der Waals surface area contributed by atoms with E-state index in [-0.39, 0.29) is 0 Å². The minimum atomic E-state index is 0.470. The molecular formula is C9H12Cl2N4. The van der Waals surface area contributed by atoms with Gasteiger partial charge in [-0.1, -0.05) is 23.2 Å². The maximum atomic E-state index is 5.96. The van der Waals surface area contributed by atoms with Crippen molar-refractivity contribution in [3.8, 4) is 0 Å².